The summed E-state index contributed by atoms with van der Waals surface area (Å²) in [6.45, 7) is 4.46. The SMILES string of the molecule is COc1cncc(-c2oc(C(C)(C)N3CCN(C[C@@H](O)C[C@@H](Cc4ccccc4)C(=O)N[C@H]4c5ccccc5OC[C@H]4O)[C@H](C(=O)NCC(F)(F)F)C3)nc2C)c1. The van der Waals surface area contributed by atoms with Gasteiger partial charge in [-0.15, -0.1) is 0 Å². The van der Waals surface area contributed by atoms with E-state index in [-0.39, 0.29) is 39.1 Å². The molecule has 6 rings (SSSR count). The van der Waals surface area contributed by atoms with E-state index in [9.17, 15) is 33.0 Å². The van der Waals surface area contributed by atoms with Crippen LogP contribution in [-0.4, -0.2) is 113 Å². The Balaban J connectivity index is 1.20. The molecule has 0 aliphatic carbocycles. The number of aliphatic hydroxyl groups excluding tert-OH is 2. The molecule has 0 saturated carbocycles. The molecule has 2 aliphatic heterocycles. The van der Waals surface area contributed by atoms with E-state index < -0.39 is 60.3 Å². The van der Waals surface area contributed by atoms with E-state index >= 15 is 0 Å². The van der Waals surface area contributed by atoms with Gasteiger partial charge in [0.25, 0.3) is 0 Å². The van der Waals surface area contributed by atoms with Gasteiger partial charge >= 0.3 is 6.18 Å². The molecule has 2 aromatic heterocycles. The van der Waals surface area contributed by atoms with E-state index in [1.807, 2.05) is 54.4 Å². The van der Waals surface area contributed by atoms with Crippen molar-refractivity contribution in [2.45, 2.75) is 69.6 Å². The van der Waals surface area contributed by atoms with Crippen molar-refractivity contribution in [2.24, 2.45) is 5.92 Å². The quantitative estimate of drug-likeness (QED) is 0.145. The molecular weight excluding hydrogens is 745 g/mol. The lowest BCUT2D eigenvalue weighted by atomic mass is 9.90. The molecule has 4 heterocycles. The van der Waals surface area contributed by atoms with Crippen molar-refractivity contribution in [1.29, 1.82) is 0 Å². The first kappa shape index (κ1) is 41.6. The highest BCUT2D eigenvalue weighted by atomic mass is 19.4. The number of alkyl halides is 3. The van der Waals surface area contributed by atoms with Gasteiger partial charge in [0.2, 0.25) is 17.7 Å². The van der Waals surface area contributed by atoms with Crippen molar-refractivity contribution < 1.29 is 46.9 Å². The number of carbonyl (C=O) groups excluding carboxylic acids is 2. The van der Waals surface area contributed by atoms with Crippen LogP contribution in [0.4, 0.5) is 13.2 Å². The van der Waals surface area contributed by atoms with Crippen LogP contribution in [0.1, 0.15) is 49.0 Å². The van der Waals surface area contributed by atoms with Crippen molar-refractivity contribution in [3.8, 4) is 22.8 Å². The van der Waals surface area contributed by atoms with Crippen molar-refractivity contribution >= 4 is 11.8 Å². The number of benzene rings is 2. The Bertz CT molecular complexity index is 1990. The van der Waals surface area contributed by atoms with Crippen molar-refractivity contribution in [3.63, 3.8) is 0 Å². The summed E-state index contributed by atoms with van der Waals surface area (Å²) in [5.41, 5.74) is 1.82. The highest BCUT2D eigenvalue weighted by Crippen LogP contribution is 2.36. The molecule has 16 heteroatoms. The van der Waals surface area contributed by atoms with Gasteiger partial charge in [0.1, 0.15) is 36.8 Å². The van der Waals surface area contributed by atoms with E-state index in [1.54, 1.807) is 54.5 Å². The molecule has 306 valence electrons. The van der Waals surface area contributed by atoms with Crippen molar-refractivity contribution in [3.05, 3.63) is 95.8 Å². The Morgan fingerprint density at radius 1 is 1.07 bits per heavy atom. The number of fused-ring (bicyclic) bond motifs is 1. The summed E-state index contributed by atoms with van der Waals surface area (Å²) < 4.78 is 57.1. The lowest BCUT2D eigenvalue weighted by Gasteiger charge is -2.46. The normalized spacial score (nSPS) is 20.2. The zero-order valence-electron chi connectivity index (χ0n) is 32.3. The molecule has 1 fully saturated rings. The number of ether oxygens (including phenoxy) is 2. The van der Waals surface area contributed by atoms with Gasteiger partial charge in [-0.05, 0) is 51.3 Å². The largest absolute Gasteiger partial charge is 0.495 e. The zero-order chi connectivity index (χ0) is 40.9. The minimum absolute atomic E-state index is 0.00410. The molecule has 0 radical (unpaired) electrons. The number of aryl methyl sites for hydroxylation is 1. The predicted molar refractivity (Wildman–Crippen MR) is 203 cm³/mol. The van der Waals surface area contributed by atoms with Gasteiger partial charge in [-0.3, -0.25) is 24.4 Å². The fourth-order valence-corrected chi connectivity index (χ4v) is 7.46. The number of nitrogens with zero attached hydrogens (tertiary/aromatic N) is 4. The second kappa shape index (κ2) is 17.6. The molecule has 2 aliphatic rings. The monoisotopic (exact) mass is 794 g/mol. The van der Waals surface area contributed by atoms with Crippen LogP contribution >= 0.6 is 0 Å². The Labute approximate surface area is 329 Å². The number of aliphatic hydroxyl groups is 2. The first-order valence-corrected chi connectivity index (χ1v) is 18.9. The van der Waals surface area contributed by atoms with E-state index in [0.717, 1.165) is 5.56 Å². The number of amides is 2. The van der Waals surface area contributed by atoms with E-state index in [0.29, 0.717) is 46.5 Å². The third-order valence-corrected chi connectivity index (χ3v) is 10.6. The third kappa shape index (κ3) is 10.1. The van der Waals surface area contributed by atoms with Crippen LogP contribution in [-0.2, 0) is 21.5 Å². The Morgan fingerprint density at radius 3 is 2.54 bits per heavy atom. The molecule has 0 bridgehead atoms. The number of rotatable bonds is 14. The van der Waals surface area contributed by atoms with Crippen LogP contribution < -0.4 is 20.1 Å². The second-order valence-corrected chi connectivity index (χ2v) is 15.1. The predicted octanol–water partition coefficient (Wildman–Crippen LogP) is 4.17. The summed E-state index contributed by atoms with van der Waals surface area (Å²) >= 11 is 0. The fourth-order valence-electron chi connectivity index (χ4n) is 7.46. The number of carbonyl (C=O) groups is 2. The maximum Gasteiger partial charge on any atom is 0.405 e. The first-order chi connectivity index (χ1) is 27.1. The van der Waals surface area contributed by atoms with Gasteiger partial charge in [0, 0.05) is 49.4 Å². The van der Waals surface area contributed by atoms with Gasteiger partial charge in [-0.25, -0.2) is 4.98 Å². The molecule has 0 spiro atoms. The molecule has 4 N–H and O–H groups in total. The summed E-state index contributed by atoms with van der Waals surface area (Å²) in [6.07, 6.45) is -3.36. The number of oxazole rings is 1. The fraction of sp³-hybridized carbons (Fsp3) is 0.463. The molecule has 0 unspecified atom stereocenters. The minimum Gasteiger partial charge on any atom is -0.495 e. The summed E-state index contributed by atoms with van der Waals surface area (Å²) in [4.78, 5) is 40.0. The van der Waals surface area contributed by atoms with Gasteiger partial charge in [0.15, 0.2) is 5.76 Å². The van der Waals surface area contributed by atoms with Crippen LogP contribution in [0, 0.1) is 12.8 Å². The van der Waals surface area contributed by atoms with Gasteiger partial charge in [-0.1, -0.05) is 48.5 Å². The maximum absolute atomic E-state index is 14.0. The molecule has 13 nitrogen and oxygen atoms in total. The second-order valence-electron chi connectivity index (χ2n) is 15.1. The number of methoxy groups -OCH3 is 1. The van der Waals surface area contributed by atoms with Crippen LogP contribution in [0.15, 0.2) is 77.5 Å². The number of nitrogens with one attached hydrogen (secondary N) is 2. The lowest BCUT2D eigenvalue weighted by Crippen LogP contribution is -2.63. The summed E-state index contributed by atoms with van der Waals surface area (Å²) in [7, 11) is 1.53. The highest BCUT2D eigenvalue weighted by Gasteiger charge is 2.43. The standard InChI is InChI=1S/C41H49F3N6O7/c1-25-36(28-18-30(55-4)20-45-19-28)57-39(47-25)40(2,3)50-15-14-49(32(22-50)38(54)46-24-41(42,43)44)21-29(51)17-27(16-26-10-6-5-7-11-26)37(53)48-35-31-12-8-9-13-34(31)56-23-33(35)52/h5-13,18-20,27,29,32-33,35,51-52H,14-17,21-24H2,1-4H3,(H,46,54)(H,48,53)/t27-,29+,32+,33-,35+/m1/s1. The molecule has 2 aromatic carbocycles. The molecule has 1 saturated heterocycles. The molecule has 4 aromatic rings. The number of hydrogen-bond acceptors (Lipinski definition) is 11. The van der Waals surface area contributed by atoms with Crippen LogP contribution in [0.2, 0.25) is 0 Å². The summed E-state index contributed by atoms with van der Waals surface area (Å²) in [5.74, 6) is -0.0937. The number of piperazine rings is 1. The molecular formula is C41H49F3N6O7. The molecule has 57 heavy (non-hydrogen) atoms. The number of para-hydroxylation sites is 1. The topological polar surface area (TPSA) is 163 Å². The van der Waals surface area contributed by atoms with Crippen LogP contribution in [0.5, 0.6) is 11.5 Å². The smallest absolute Gasteiger partial charge is 0.405 e. The number of halogens is 3. The average molecular weight is 795 g/mol. The van der Waals surface area contributed by atoms with Crippen molar-refractivity contribution in [1.82, 2.24) is 30.4 Å². The maximum atomic E-state index is 14.0. The zero-order valence-corrected chi connectivity index (χ0v) is 32.3. The highest BCUT2D eigenvalue weighted by molar-refractivity contribution is 5.82. The number of aromatic nitrogens is 2. The van der Waals surface area contributed by atoms with Crippen molar-refractivity contribution in [2.75, 3.05) is 46.4 Å². The van der Waals surface area contributed by atoms with E-state index in [1.165, 1.54) is 7.11 Å². The van der Waals surface area contributed by atoms with Gasteiger partial charge < -0.3 is 34.7 Å². The van der Waals surface area contributed by atoms with Gasteiger partial charge in [-0.2, -0.15) is 13.2 Å². The summed E-state index contributed by atoms with van der Waals surface area (Å²) in [6, 6.07) is 16.4. The average Bonchev–Trinajstić information content (AvgIpc) is 3.60. The Kier molecular flexibility index (Phi) is 12.9. The number of hydrogen-bond donors (Lipinski definition) is 4. The number of β-amino-alcohol motifs (C(OH)–C–C–N with tert-alkyl or cyclic N) is 1. The number of pyridine rings is 1. The Morgan fingerprint density at radius 2 is 1.81 bits per heavy atom. The minimum atomic E-state index is -4.63. The van der Waals surface area contributed by atoms with Crippen LogP contribution in [0.25, 0.3) is 11.3 Å². The van der Waals surface area contributed by atoms with Gasteiger partial charge in [0.05, 0.1) is 36.7 Å². The molecule has 5 atom stereocenters. The van der Waals surface area contributed by atoms with Crippen LogP contribution in [0.3, 0.4) is 0 Å². The lowest BCUT2D eigenvalue weighted by molar-refractivity contribution is -0.144. The molecule has 2 amide bonds. The first-order valence-electron chi connectivity index (χ1n) is 18.9. The third-order valence-electron chi connectivity index (χ3n) is 10.6. The van der Waals surface area contributed by atoms with E-state index in [4.69, 9.17) is 18.9 Å². The Hall–Kier alpha value is -5.03. The summed E-state index contributed by atoms with van der Waals surface area (Å²) in [5, 5.41) is 27.4. The van der Waals surface area contributed by atoms with E-state index in [2.05, 4.69) is 10.3 Å².